The highest BCUT2D eigenvalue weighted by Gasteiger charge is 2.24. The van der Waals surface area contributed by atoms with Crippen LogP contribution in [0.1, 0.15) is 42.3 Å². The molecule has 1 aromatic carbocycles. The summed E-state index contributed by atoms with van der Waals surface area (Å²) in [5.74, 6) is 0.915. The third-order valence-corrected chi connectivity index (χ3v) is 5.84. The summed E-state index contributed by atoms with van der Waals surface area (Å²) in [6.07, 6.45) is 4.05. The van der Waals surface area contributed by atoms with Crippen molar-refractivity contribution < 1.29 is 4.74 Å². The minimum atomic E-state index is -0.231. The number of nitrogens with zero attached hydrogens (tertiary/aromatic N) is 6. The van der Waals surface area contributed by atoms with Gasteiger partial charge in [-0.15, -0.1) is 5.10 Å². The number of rotatable bonds is 1. The molecule has 0 unspecified atom stereocenters. The molecule has 3 aromatic heterocycles. The number of benzene rings is 1. The van der Waals surface area contributed by atoms with Crippen LogP contribution in [0.3, 0.4) is 0 Å². The number of nitrogens with two attached hydrogens (primary N) is 1. The monoisotopic (exact) mass is 415 g/mol. The van der Waals surface area contributed by atoms with E-state index < -0.39 is 0 Å². The van der Waals surface area contributed by atoms with Gasteiger partial charge in [-0.2, -0.15) is 5.10 Å². The maximum absolute atomic E-state index is 6.37. The summed E-state index contributed by atoms with van der Waals surface area (Å²) >= 11 is 0. The van der Waals surface area contributed by atoms with Gasteiger partial charge in [0, 0.05) is 48.5 Å². The molecule has 0 spiro atoms. The molecule has 2 bridgehead atoms. The van der Waals surface area contributed by atoms with Crippen LogP contribution in [-0.4, -0.2) is 29.8 Å². The molecule has 0 aliphatic carbocycles. The Hall–Kier alpha value is -3.68. The summed E-state index contributed by atoms with van der Waals surface area (Å²) in [6, 6.07) is 8.35. The molecule has 1 aliphatic rings. The first-order valence-corrected chi connectivity index (χ1v) is 10.4. The van der Waals surface area contributed by atoms with E-state index in [9.17, 15) is 0 Å². The SMILES string of the molecule is CCn1nnc2c1-c1cnc(N)c(c1)O[C@H](C)c1cc(C)ccc1-c1c(cnn1C)C2. The summed E-state index contributed by atoms with van der Waals surface area (Å²) in [5, 5.41) is 13.4. The fraction of sp³-hybridized carbons (Fsp3) is 0.304. The lowest BCUT2D eigenvalue weighted by atomic mass is 9.94. The first-order valence-electron chi connectivity index (χ1n) is 10.4. The summed E-state index contributed by atoms with van der Waals surface area (Å²) < 4.78 is 10.2. The summed E-state index contributed by atoms with van der Waals surface area (Å²) in [6.45, 7) is 6.86. The van der Waals surface area contributed by atoms with E-state index in [-0.39, 0.29) is 6.10 Å². The molecule has 8 nitrogen and oxygen atoms in total. The number of aromatic nitrogens is 6. The average Bonchev–Trinajstić information content (AvgIpc) is 3.32. The van der Waals surface area contributed by atoms with Crippen molar-refractivity contribution in [1.29, 1.82) is 0 Å². The molecule has 158 valence electrons. The number of hydrogen-bond donors (Lipinski definition) is 1. The number of aryl methyl sites for hydroxylation is 3. The average molecular weight is 416 g/mol. The van der Waals surface area contributed by atoms with Crippen LogP contribution in [0.25, 0.3) is 22.5 Å². The van der Waals surface area contributed by atoms with E-state index in [0.717, 1.165) is 44.9 Å². The van der Waals surface area contributed by atoms with E-state index in [0.29, 0.717) is 24.5 Å². The smallest absolute Gasteiger partial charge is 0.166 e. The quantitative estimate of drug-likeness (QED) is 0.509. The van der Waals surface area contributed by atoms with Crippen molar-refractivity contribution in [2.45, 2.75) is 39.8 Å². The van der Waals surface area contributed by atoms with Crippen LogP contribution in [0.4, 0.5) is 5.82 Å². The molecular weight excluding hydrogens is 390 g/mol. The van der Waals surface area contributed by atoms with Crippen LogP contribution in [0.15, 0.2) is 36.7 Å². The first kappa shape index (κ1) is 19.3. The molecule has 0 fully saturated rings. The summed E-state index contributed by atoms with van der Waals surface area (Å²) in [5.41, 5.74) is 14.3. The predicted octanol–water partition coefficient (Wildman–Crippen LogP) is 3.70. The molecule has 8 heteroatoms. The Morgan fingerprint density at radius 2 is 2.03 bits per heavy atom. The standard InChI is InChI=1S/C23H25N7O/c1-5-30-22-16-10-20(23(24)25-11-16)31-14(3)18-8-13(2)6-7-17(18)21-15(12-26-29(21)4)9-19(22)27-28-30/h6-8,10-12,14H,5,9H2,1-4H3,(H2,24,25)/t14-/m1/s1. The lowest BCUT2D eigenvalue weighted by molar-refractivity contribution is 0.228. The van der Waals surface area contributed by atoms with Gasteiger partial charge >= 0.3 is 0 Å². The van der Waals surface area contributed by atoms with Crippen LogP contribution in [0.5, 0.6) is 5.75 Å². The van der Waals surface area contributed by atoms with Crippen LogP contribution < -0.4 is 10.5 Å². The summed E-state index contributed by atoms with van der Waals surface area (Å²) in [4.78, 5) is 4.41. The van der Waals surface area contributed by atoms with E-state index in [2.05, 4.69) is 45.5 Å². The zero-order valence-electron chi connectivity index (χ0n) is 18.1. The molecule has 1 atom stereocenters. The van der Waals surface area contributed by atoms with Crippen molar-refractivity contribution in [3.63, 3.8) is 0 Å². The van der Waals surface area contributed by atoms with Gasteiger partial charge in [-0.25, -0.2) is 9.67 Å². The van der Waals surface area contributed by atoms with Gasteiger partial charge in [-0.3, -0.25) is 4.68 Å². The van der Waals surface area contributed by atoms with Gasteiger partial charge < -0.3 is 10.5 Å². The van der Waals surface area contributed by atoms with Crippen LogP contribution >= 0.6 is 0 Å². The molecule has 5 rings (SSSR count). The molecule has 0 amide bonds. The van der Waals surface area contributed by atoms with Crippen molar-refractivity contribution in [3.05, 3.63) is 59.0 Å². The van der Waals surface area contributed by atoms with Crippen molar-refractivity contribution in [2.75, 3.05) is 5.73 Å². The van der Waals surface area contributed by atoms with Crippen LogP contribution in [-0.2, 0) is 20.0 Å². The van der Waals surface area contributed by atoms with E-state index in [1.54, 1.807) is 6.20 Å². The highest BCUT2D eigenvalue weighted by molar-refractivity contribution is 5.71. The Morgan fingerprint density at radius 1 is 1.19 bits per heavy atom. The predicted molar refractivity (Wildman–Crippen MR) is 119 cm³/mol. The van der Waals surface area contributed by atoms with E-state index in [1.165, 1.54) is 0 Å². The Bertz CT molecular complexity index is 1290. The number of pyridine rings is 1. The number of fused-ring (bicyclic) bond motifs is 7. The second-order valence-corrected chi connectivity index (χ2v) is 7.98. The lowest BCUT2D eigenvalue weighted by Gasteiger charge is -2.22. The molecular formula is C23H25N7O. The minimum absolute atomic E-state index is 0.231. The van der Waals surface area contributed by atoms with E-state index in [1.807, 2.05) is 42.5 Å². The minimum Gasteiger partial charge on any atom is -0.482 e. The van der Waals surface area contributed by atoms with Crippen molar-refractivity contribution in [3.8, 4) is 28.3 Å². The van der Waals surface area contributed by atoms with Gasteiger partial charge in [0.2, 0.25) is 0 Å². The maximum Gasteiger partial charge on any atom is 0.166 e. The highest BCUT2D eigenvalue weighted by atomic mass is 16.5. The topological polar surface area (TPSA) is 96.7 Å². The van der Waals surface area contributed by atoms with Gasteiger partial charge in [0.25, 0.3) is 0 Å². The highest BCUT2D eigenvalue weighted by Crippen LogP contribution is 2.38. The third kappa shape index (κ3) is 3.15. The van der Waals surface area contributed by atoms with Crippen LogP contribution in [0, 0.1) is 6.92 Å². The second-order valence-electron chi connectivity index (χ2n) is 7.98. The Kier molecular flexibility index (Phi) is 4.50. The molecule has 1 aliphatic heterocycles. The molecule has 2 N–H and O–H groups in total. The molecule has 4 heterocycles. The molecule has 0 saturated heterocycles. The number of hydrogen-bond acceptors (Lipinski definition) is 6. The maximum atomic E-state index is 6.37. The summed E-state index contributed by atoms with van der Waals surface area (Å²) in [7, 11) is 1.97. The van der Waals surface area contributed by atoms with Crippen molar-refractivity contribution in [2.24, 2.45) is 7.05 Å². The van der Waals surface area contributed by atoms with E-state index >= 15 is 0 Å². The van der Waals surface area contributed by atoms with Gasteiger partial charge in [-0.05, 0) is 26.8 Å². The van der Waals surface area contributed by atoms with Crippen molar-refractivity contribution >= 4 is 5.82 Å². The second kappa shape index (κ2) is 7.23. The normalized spacial score (nSPS) is 15.2. The third-order valence-electron chi connectivity index (χ3n) is 5.84. The number of anilines is 1. The van der Waals surface area contributed by atoms with Gasteiger partial charge in [0.1, 0.15) is 6.10 Å². The molecule has 0 saturated carbocycles. The molecule has 0 radical (unpaired) electrons. The lowest BCUT2D eigenvalue weighted by Crippen LogP contribution is -2.10. The molecule has 4 aromatic rings. The van der Waals surface area contributed by atoms with Gasteiger partial charge in [0.15, 0.2) is 11.6 Å². The van der Waals surface area contributed by atoms with Crippen LogP contribution in [0.2, 0.25) is 0 Å². The Labute approximate surface area is 180 Å². The Morgan fingerprint density at radius 3 is 2.84 bits per heavy atom. The fourth-order valence-corrected chi connectivity index (χ4v) is 4.31. The zero-order chi connectivity index (χ0) is 21.7. The van der Waals surface area contributed by atoms with Crippen molar-refractivity contribution in [1.82, 2.24) is 29.8 Å². The zero-order valence-corrected chi connectivity index (χ0v) is 18.1. The fourth-order valence-electron chi connectivity index (χ4n) is 4.31. The van der Waals surface area contributed by atoms with Gasteiger partial charge in [-0.1, -0.05) is 29.0 Å². The molecule has 31 heavy (non-hydrogen) atoms. The Balaban J connectivity index is 1.82. The first-order chi connectivity index (χ1) is 15.0. The van der Waals surface area contributed by atoms with Gasteiger partial charge in [0.05, 0.1) is 23.3 Å². The number of ether oxygens (including phenoxy) is 1. The number of nitrogen functional groups attached to an aromatic ring is 1. The van der Waals surface area contributed by atoms with E-state index in [4.69, 9.17) is 10.5 Å². The largest absolute Gasteiger partial charge is 0.482 e.